The van der Waals surface area contributed by atoms with Crippen molar-refractivity contribution in [3.05, 3.63) is 33.9 Å². The molecular weight excluding hydrogens is 439 g/mol. The molecule has 3 heterocycles. The van der Waals surface area contributed by atoms with Crippen molar-refractivity contribution in [2.24, 2.45) is 13.0 Å². The Morgan fingerprint density at radius 2 is 1.97 bits per heavy atom. The van der Waals surface area contributed by atoms with Gasteiger partial charge in [0.25, 0.3) is 0 Å². The van der Waals surface area contributed by atoms with Gasteiger partial charge in [0.2, 0.25) is 11.7 Å². The minimum absolute atomic E-state index is 0.0953. The Balaban J connectivity index is 0.00000114. The van der Waals surface area contributed by atoms with E-state index in [9.17, 15) is 28.1 Å². The SMILES string of the molecule is CC[NH-].Cn1nc(C(F)(F)F)cc1Oc1ncnc(N2CCC(C(=O)O)CC2)c1[N+](=O)[O-]. The first-order chi connectivity index (χ1) is 15.0. The van der Waals surface area contributed by atoms with Gasteiger partial charge in [-0.05, 0) is 12.8 Å². The lowest BCUT2D eigenvalue weighted by atomic mass is 9.97. The highest BCUT2D eigenvalue weighted by Crippen LogP contribution is 2.38. The highest BCUT2D eigenvalue weighted by molar-refractivity contribution is 5.71. The van der Waals surface area contributed by atoms with Gasteiger partial charge < -0.3 is 20.5 Å². The fourth-order valence-electron chi connectivity index (χ4n) is 2.94. The van der Waals surface area contributed by atoms with Gasteiger partial charge in [-0.25, -0.2) is 9.67 Å². The topological polar surface area (TPSA) is 160 Å². The number of anilines is 1. The van der Waals surface area contributed by atoms with E-state index in [2.05, 4.69) is 15.1 Å². The molecule has 15 heteroatoms. The molecule has 2 aromatic heterocycles. The molecule has 0 radical (unpaired) electrons. The van der Waals surface area contributed by atoms with Crippen LogP contribution >= 0.6 is 0 Å². The smallest absolute Gasteiger partial charge is 0.435 e. The summed E-state index contributed by atoms with van der Waals surface area (Å²) in [6.45, 7) is 2.70. The zero-order valence-electron chi connectivity index (χ0n) is 17.2. The number of hydrogen-bond acceptors (Lipinski definition) is 8. The van der Waals surface area contributed by atoms with Crippen LogP contribution in [0.3, 0.4) is 0 Å². The Labute approximate surface area is 180 Å². The molecule has 1 aliphatic heterocycles. The van der Waals surface area contributed by atoms with Gasteiger partial charge in [0.1, 0.15) is 6.33 Å². The second-order valence-corrected chi connectivity index (χ2v) is 6.65. The third-order valence-corrected chi connectivity index (χ3v) is 4.42. The molecule has 0 spiro atoms. The van der Waals surface area contributed by atoms with Crippen LogP contribution in [0.15, 0.2) is 12.4 Å². The van der Waals surface area contributed by atoms with Gasteiger partial charge in [-0.3, -0.25) is 14.9 Å². The molecule has 2 aromatic rings. The highest BCUT2D eigenvalue weighted by atomic mass is 19.4. The van der Waals surface area contributed by atoms with E-state index in [0.29, 0.717) is 12.6 Å². The van der Waals surface area contributed by atoms with Crippen molar-refractivity contribution in [1.82, 2.24) is 19.7 Å². The third-order valence-electron chi connectivity index (χ3n) is 4.42. The van der Waals surface area contributed by atoms with Gasteiger partial charge in [0.05, 0.1) is 10.8 Å². The van der Waals surface area contributed by atoms with Crippen LogP contribution in [0.25, 0.3) is 5.73 Å². The summed E-state index contributed by atoms with van der Waals surface area (Å²) in [5, 5.41) is 24.0. The van der Waals surface area contributed by atoms with Crippen LogP contribution in [-0.2, 0) is 18.0 Å². The maximum atomic E-state index is 12.8. The maximum Gasteiger partial charge on any atom is 0.435 e. The van der Waals surface area contributed by atoms with E-state index in [4.69, 9.17) is 15.6 Å². The summed E-state index contributed by atoms with van der Waals surface area (Å²) >= 11 is 0. The number of carboxylic acid groups (broad SMARTS) is 1. The number of nitro groups is 1. The number of carbonyl (C=O) groups is 1. The molecule has 0 bridgehead atoms. The maximum absolute atomic E-state index is 12.8. The average Bonchev–Trinajstić information content (AvgIpc) is 3.09. The molecule has 12 nitrogen and oxygen atoms in total. The molecule has 3 rings (SSSR count). The zero-order chi connectivity index (χ0) is 24.1. The predicted octanol–water partition coefficient (Wildman–Crippen LogP) is 3.29. The van der Waals surface area contributed by atoms with Gasteiger partial charge in [-0.1, -0.05) is 6.92 Å². The van der Waals surface area contributed by atoms with Gasteiger partial charge in [-0.2, -0.15) is 29.8 Å². The van der Waals surface area contributed by atoms with E-state index in [1.807, 2.05) is 0 Å². The number of piperidine rings is 1. The van der Waals surface area contributed by atoms with E-state index >= 15 is 0 Å². The molecule has 0 aromatic carbocycles. The number of hydrogen-bond donors (Lipinski definition) is 1. The summed E-state index contributed by atoms with van der Waals surface area (Å²) < 4.78 is 44.5. The largest absolute Gasteiger partial charge is 0.678 e. The standard InChI is InChI=1S/C15H15F3N6O5.C2H6N/c1-22-10(6-9(21-22)15(16,17)18)29-13-11(24(27)28)12(19-7-20-13)23-4-2-8(3-5-23)14(25)26;1-2-3/h6-8H,2-5H2,1H3,(H,25,26);3H,2H2,1H3/q;-1. The number of ether oxygens (including phenoxy) is 1. The minimum atomic E-state index is -4.71. The van der Waals surface area contributed by atoms with Crippen LogP contribution in [-0.4, -0.2) is 55.4 Å². The number of aromatic nitrogens is 4. The van der Waals surface area contributed by atoms with Crippen molar-refractivity contribution in [1.29, 1.82) is 0 Å². The Hall–Kier alpha value is -3.49. The molecule has 1 fully saturated rings. The quantitative estimate of drug-likeness (QED) is 0.521. The number of nitrogens with zero attached hydrogens (tertiary/aromatic N) is 6. The second-order valence-electron chi connectivity index (χ2n) is 6.65. The van der Waals surface area contributed by atoms with Crippen LogP contribution in [0.4, 0.5) is 24.7 Å². The van der Waals surface area contributed by atoms with Gasteiger partial charge in [0, 0.05) is 26.2 Å². The van der Waals surface area contributed by atoms with Crippen molar-refractivity contribution in [3.63, 3.8) is 0 Å². The van der Waals surface area contributed by atoms with Crippen LogP contribution in [0.5, 0.6) is 11.8 Å². The van der Waals surface area contributed by atoms with E-state index in [0.717, 1.165) is 11.0 Å². The first-order valence-corrected chi connectivity index (χ1v) is 9.40. The first kappa shape index (κ1) is 24.8. The molecule has 0 amide bonds. The van der Waals surface area contributed by atoms with Crippen LogP contribution in [0, 0.1) is 16.0 Å². The minimum Gasteiger partial charge on any atom is -0.678 e. The fourth-order valence-corrected chi connectivity index (χ4v) is 2.94. The number of aryl methyl sites for hydroxylation is 1. The van der Waals surface area contributed by atoms with E-state index < -0.39 is 46.1 Å². The first-order valence-electron chi connectivity index (χ1n) is 9.40. The van der Waals surface area contributed by atoms with Crippen molar-refractivity contribution in [3.8, 4) is 11.8 Å². The number of aliphatic carboxylic acids is 1. The van der Waals surface area contributed by atoms with E-state index in [-0.39, 0.29) is 31.7 Å². The van der Waals surface area contributed by atoms with Gasteiger partial charge in [-0.15, -0.1) is 0 Å². The molecule has 1 saturated heterocycles. The summed E-state index contributed by atoms with van der Waals surface area (Å²) in [7, 11) is 1.19. The molecule has 176 valence electrons. The molecule has 2 N–H and O–H groups in total. The molecular formula is C17H21F3N7O5-. The second kappa shape index (κ2) is 10.2. The highest BCUT2D eigenvalue weighted by Gasteiger charge is 2.36. The van der Waals surface area contributed by atoms with E-state index in [1.54, 1.807) is 6.92 Å². The number of rotatable bonds is 5. The molecule has 32 heavy (non-hydrogen) atoms. The molecule has 0 atom stereocenters. The Kier molecular flexibility index (Phi) is 7.91. The Bertz CT molecular complexity index is 958. The lowest BCUT2D eigenvalue weighted by molar-refractivity contribution is -0.385. The fraction of sp³-hybridized carbons (Fsp3) is 0.529. The Morgan fingerprint density at radius 3 is 2.44 bits per heavy atom. The molecule has 1 aliphatic rings. The predicted molar refractivity (Wildman–Crippen MR) is 104 cm³/mol. The van der Waals surface area contributed by atoms with E-state index in [1.165, 1.54) is 11.9 Å². The van der Waals surface area contributed by atoms with Crippen LogP contribution in [0.2, 0.25) is 0 Å². The molecule has 0 aliphatic carbocycles. The van der Waals surface area contributed by atoms with Crippen LogP contribution in [0.1, 0.15) is 25.5 Å². The van der Waals surface area contributed by atoms with Crippen molar-refractivity contribution >= 4 is 17.5 Å². The number of alkyl halides is 3. The van der Waals surface area contributed by atoms with Crippen molar-refractivity contribution in [2.45, 2.75) is 25.9 Å². The normalized spacial score (nSPS) is 14.5. The average molecular weight is 460 g/mol. The number of nitrogens with one attached hydrogen (secondary N) is 1. The summed E-state index contributed by atoms with van der Waals surface area (Å²) in [5.74, 6) is -2.53. The third kappa shape index (κ3) is 5.81. The van der Waals surface area contributed by atoms with Crippen LogP contribution < -0.4 is 9.64 Å². The van der Waals surface area contributed by atoms with Gasteiger partial charge in [0.15, 0.2) is 5.69 Å². The zero-order valence-corrected chi connectivity index (χ0v) is 17.2. The van der Waals surface area contributed by atoms with Crippen molar-refractivity contribution in [2.75, 3.05) is 24.5 Å². The van der Waals surface area contributed by atoms with Crippen molar-refractivity contribution < 1.29 is 32.7 Å². The summed E-state index contributed by atoms with van der Waals surface area (Å²) in [4.78, 5) is 31.0. The summed E-state index contributed by atoms with van der Waals surface area (Å²) in [6, 6.07) is 0.601. The lowest BCUT2D eigenvalue weighted by Gasteiger charge is -2.30. The summed E-state index contributed by atoms with van der Waals surface area (Å²) in [6.07, 6.45) is -3.19. The summed E-state index contributed by atoms with van der Waals surface area (Å²) in [5.41, 5.74) is 4.36. The Morgan fingerprint density at radius 1 is 1.38 bits per heavy atom. The van der Waals surface area contributed by atoms with Gasteiger partial charge >= 0.3 is 23.7 Å². The monoisotopic (exact) mass is 460 g/mol. The number of carboxylic acids is 1. The molecule has 0 saturated carbocycles. The number of halogens is 3. The lowest BCUT2D eigenvalue weighted by Crippen LogP contribution is -2.37. The molecule has 0 unspecified atom stereocenters.